The van der Waals surface area contributed by atoms with Gasteiger partial charge in [0.05, 0.1) is 17.7 Å². The lowest BCUT2D eigenvalue weighted by Crippen LogP contribution is -2.49. The van der Waals surface area contributed by atoms with Gasteiger partial charge in [-0.25, -0.2) is 4.79 Å². The number of ether oxygens (including phenoxy) is 2. The minimum Gasteiger partial charge on any atom is -0.485 e. The summed E-state index contributed by atoms with van der Waals surface area (Å²) in [5, 5.41) is 2.70. The highest BCUT2D eigenvalue weighted by molar-refractivity contribution is 7.87. The number of carbonyl (C=O) groups excluding carboxylic acids is 2. The molecule has 1 amide bonds. The van der Waals surface area contributed by atoms with E-state index >= 15 is 0 Å². The zero-order chi connectivity index (χ0) is 30.6. The van der Waals surface area contributed by atoms with E-state index in [-0.39, 0.29) is 23.2 Å². The lowest BCUT2D eigenvalue weighted by molar-refractivity contribution is -0.134. The summed E-state index contributed by atoms with van der Waals surface area (Å²) in [5.41, 5.74) is 0.926. The van der Waals surface area contributed by atoms with Gasteiger partial charge in [0.25, 0.3) is 0 Å². The van der Waals surface area contributed by atoms with E-state index < -0.39 is 64.6 Å². The predicted molar refractivity (Wildman–Crippen MR) is 146 cm³/mol. The molecule has 1 aliphatic rings. The molecule has 0 aromatic heterocycles. The number of nitrogens with one attached hydrogen (secondary N) is 1. The SMILES string of the molecule is CC(C)[C@H](NC(=O)OC(C)(C)C)C(=O)C1Cc2ccccc2C1Oc1cccc(OS(=O)(=O)CCCC(F)(F)F)c1. The Hall–Kier alpha value is -3.28. The summed E-state index contributed by atoms with van der Waals surface area (Å²) in [4.78, 5) is 26.4. The number of benzene rings is 2. The quantitative estimate of drug-likeness (QED) is 0.309. The van der Waals surface area contributed by atoms with Crippen LogP contribution in [-0.4, -0.2) is 43.9 Å². The third-order valence-electron chi connectivity index (χ3n) is 6.32. The normalized spacial score (nSPS) is 18.0. The van der Waals surface area contributed by atoms with Gasteiger partial charge in [-0.3, -0.25) is 4.79 Å². The first-order chi connectivity index (χ1) is 18.9. The van der Waals surface area contributed by atoms with Gasteiger partial charge in [0.2, 0.25) is 0 Å². The van der Waals surface area contributed by atoms with E-state index in [9.17, 15) is 31.2 Å². The summed E-state index contributed by atoms with van der Waals surface area (Å²) < 4.78 is 78.3. The van der Waals surface area contributed by atoms with Gasteiger partial charge in [0.15, 0.2) is 5.78 Å². The van der Waals surface area contributed by atoms with Crippen molar-refractivity contribution in [1.82, 2.24) is 5.32 Å². The van der Waals surface area contributed by atoms with Gasteiger partial charge in [-0.15, -0.1) is 0 Å². The van der Waals surface area contributed by atoms with Crippen molar-refractivity contribution in [2.75, 3.05) is 5.75 Å². The van der Waals surface area contributed by atoms with E-state index in [1.807, 2.05) is 38.1 Å². The average Bonchev–Trinajstić information content (AvgIpc) is 3.18. The van der Waals surface area contributed by atoms with Crippen LogP contribution in [0.25, 0.3) is 0 Å². The Morgan fingerprint density at radius 3 is 2.32 bits per heavy atom. The number of alkyl carbamates (subject to hydrolysis) is 1. The molecule has 1 N–H and O–H groups in total. The molecule has 0 saturated heterocycles. The first-order valence-electron chi connectivity index (χ1n) is 13.3. The Bertz CT molecular complexity index is 1340. The monoisotopic (exact) mass is 599 g/mol. The van der Waals surface area contributed by atoms with Gasteiger partial charge < -0.3 is 19.0 Å². The molecule has 0 fully saturated rings. The Balaban J connectivity index is 1.81. The van der Waals surface area contributed by atoms with E-state index in [0.717, 1.165) is 11.1 Å². The highest BCUT2D eigenvalue weighted by Gasteiger charge is 2.43. The number of hydrogen-bond acceptors (Lipinski definition) is 7. The molecule has 3 atom stereocenters. The average molecular weight is 600 g/mol. The van der Waals surface area contributed by atoms with Crippen molar-refractivity contribution >= 4 is 22.0 Å². The molecule has 0 radical (unpaired) electrons. The Labute approximate surface area is 238 Å². The largest absolute Gasteiger partial charge is 0.485 e. The maximum absolute atomic E-state index is 13.8. The maximum Gasteiger partial charge on any atom is 0.408 e. The summed E-state index contributed by atoms with van der Waals surface area (Å²) in [5.74, 6) is -1.90. The highest BCUT2D eigenvalue weighted by atomic mass is 32.2. The number of amides is 1. The third kappa shape index (κ3) is 9.65. The molecule has 1 aliphatic carbocycles. The Morgan fingerprint density at radius 1 is 1.02 bits per heavy atom. The number of carbonyl (C=O) groups is 2. The molecule has 0 saturated carbocycles. The van der Waals surface area contributed by atoms with Crippen LogP contribution in [0, 0.1) is 11.8 Å². The second kappa shape index (κ2) is 12.7. The fourth-order valence-corrected chi connectivity index (χ4v) is 5.55. The van der Waals surface area contributed by atoms with E-state index in [1.165, 1.54) is 18.2 Å². The lowest BCUT2D eigenvalue weighted by Gasteiger charge is -2.29. The standard InChI is InChI=1S/C29H36F3NO7S/c1-18(2)24(33-27(35)39-28(3,4)5)25(34)23-16-19-10-6-7-13-22(19)26(23)38-20-11-8-12-21(17-20)40-41(36,37)15-9-14-29(30,31)32/h6-8,10-13,17-18,23-24,26H,9,14-16H2,1-5H3,(H,33,35)/t23?,24-,26?/m0/s1. The Morgan fingerprint density at radius 2 is 1.68 bits per heavy atom. The summed E-state index contributed by atoms with van der Waals surface area (Å²) in [6, 6.07) is 12.2. The fourth-order valence-electron chi connectivity index (χ4n) is 4.57. The van der Waals surface area contributed by atoms with Gasteiger partial charge in [-0.2, -0.15) is 21.6 Å². The van der Waals surface area contributed by atoms with E-state index in [1.54, 1.807) is 26.8 Å². The van der Waals surface area contributed by atoms with Crippen LogP contribution >= 0.6 is 0 Å². The van der Waals surface area contributed by atoms with E-state index in [2.05, 4.69) is 5.32 Å². The molecule has 12 heteroatoms. The molecule has 41 heavy (non-hydrogen) atoms. The van der Waals surface area contributed by atoms with Crippen molar-refractivity contribution in [2.45, 2.75) is 77.8 Å². The number of halogens is 3. The smallest absolute Gasteiger partial charge is 0.408 e. The number of rotatable bonds is 11. The second-order valence-electron chi connectivity index (χ2n) is 11.4. The van der Waals surface area contributed by atoms with Crippen molar-refractivity contribution in [2.24, 2.45) is 11.8 Å². The molecule has 0 heterocycles. The van der Waals surface area contributed by atoms with Crippen LogP contribution in [0.1, 0.15) is 64.7 Å². The van der Waals surface area contributed by atoms with Crippen LogP contribution in [0.2, 0.25) is 0 Å². The Kier molecular flexibility index (Phi) is 9.99. The van der Waals surface area contributed by atoms with Crippen molar-refractivity contribution in [1.29, 1.82) is 0 Å². The summed E-state index contributed by atoms with van der Waals surface area (Å²) >= 11 is 0. The fraction of sp³-hybridized carbons (Fsp3) is 0.517. The summed E-state index contributed by atoms with van der Waals surface area (Å²) in [6.45, 7) is 8.80. The van der Waals surface area contributed by atoms with Crippen LogP contribution in [0.4, 0.5) is 18.0 Å². The molecular formula is C29H36F3NO7S. The van der Waals surface area contributed by atoms with E-state index in [4.69, 9.17) is 13.7 Å². The molecule has 0 bridgehead atoms. The zero-order valence-corrected chi connectivity index (χ0v) is 24.5. The highest BCUT2D eigenvalue weighted by Crippen LogP contribution is 2.41. The van der Waals surface area contributed by atoms with Crippen LogP contribution in [0.3, 0.4) is 0 Å². The van der Waals surface area contributed by atoms with E-state index in [0.29, 0.717) is 6.42 Å². The number of hydrogen-bond donors (Lipinski definition) is 1. The molecule has 2 unspecified atom stereocenters. The molecule has 3 rings (SSSR count). The lowest BCUT2D eigenvalue weighted by atomic mass is 9.88. The number of alkyl halides is 3. The van der Waals surface area contributed by atoms with Gasteiger partial charge >= 0.3 is 22.4 Å². The van der Waals surface area contributed by atoms with Gasteiger partial charge in [-0.1, -0.05) is 44.2 Å². The molecule has 2 aromatic rings. The van der Waals surface area contributed by atoms with Crippen LogP contribution in [0.5, 0.6) is 11.5 Å². The van der Waals surface area contributed by atoms with Crippen molar-refractivity contribution in [3.05, 3.63) is 59.7 Å². The molecule has 8 nitrogen and oxygen atoms in total. The number of Topliss-reactive ketones (excluding diaryl/α,β-unsaturated/α-hetero) is 1. The minimum atomic E-state index is -4.47. The molecule has 226 valence electrons. The molecule has 0 aliphatic heterocycles. The van der Waals surface area contributed by atoms with Gasteiger partial charge in [0.1, 0.15) is 23.2 Å². The van der Waals surface area contributed by atoms with Crippen LogP contribution < -0.4 is 14.2 Å². The summed E-state index contributed by atoms with van der Waals surface area (Å²) in [7, 11) is -4.28. The second-order valence-corrected chi connectivity index (χ2v) is 13.0. The number of ketones is 1. The maximum atomic E-state index is 13.8. The van der Waals surface area contributed by atoms with Crippen LogP contribution in [0.15, 0.2) is 48.5 Å². The minimum absolute atomic E-state index is 0.129. The first kappa shape index (κ1) is 32.2. The third-order valence-corrected chi connectivity index (χ3v) is 7.56. The number of fused-ring (bicyclic) bond motifs is 1. The first-order valence-corrected chi connectivity index (χ1v) is 14.9. The van der Waals surface area contributed by atoms with Crippen molar-refractivity contribution in [3.8, 4) is 11.5 Å². The van der Waals surface area contributed by atoms with Gasteiger partial charge in [0, 0.05) is 12.5 Å². The van der Waals surface area contributed by atoms with Crippen LogP contribution in [-0.2, 0) is 26.1 Å². The zero-order valence-electron chi connectivity index (χ0n) is 23.7. The van der Waals surface area contributed by atoms with Crippen molar-refractivity contribution < 1.29 is 44.8 Å². The topological polar surface area (TPSA) is 108 Å². The van der Waals surface area contributed by atoms with Gasteiger partial charge in [-0.05, 0) is 62.8 Å². The molecular weight excluding hydrogens is 563 g/mol. The predicted octanol–water partition coefficient (Wildman–Crippen LogP) is 6.15. The molecule has 2 aromatic carbocycles. The summed E-state index contributed by atoms with van der Waals surface area (Å²) in [6.07, 6.45) is -7.43. The van der Waals surface area contributed by atoms with Crippen molar-refractivity contribution in [3.63, 3.8) is 0 Å². The molecule has 0 spiro atoms.